The van der Waals surface area contributed by atoms with Crippen molar-refractivity contribution in [3.8, 4) is 18.0 Å². The summed E-state index contributed by atoms with van der Waals surface area (Å²) in [5.74, 6) is 2.59. The molecule has 1 atom stereocenters. The molecular formula is C22H16ClN3O. The summed E-state index contributed by atoms with van der Waals surface area (Å²) in [5.41, 5.74) is 5.24. The van der Waals surface area contributed by atoms with Gasteiger partial charge in [-0.1, -0.05) is 35.7 Å². The van der Waals surface area contributed by atoms with Gasteiger partial charge in [0.05, 0.1) is 23.1 Å². The van der Waals surface area contributed by atoms with Crippen LogP contribution in [0.25, 0.3) is 5.69 Å². The number of Topliss-reactive ketones (excluding diaryl/α,β-unsaturated/α-hetero) is 1. The number of ketones is 1. The molecule has 0 radical (unpaired) electrons. The lowest BCUT2D eigenvalue weighted by molar-refractivity contribution is 0.101. The van der Waals surface area contributed by atoms with Gasteiger partial charge in [0.25, 0.3) is 0 Å². The summed E-state index contributed by atoms with van der Waals surface area (Å²) in [6.07, 6.45) is 7.29. The second-order valence-electron chi connectivity index (χ2n) is 6.41. The van der Waals surface area contributed by atoms with Crippen LogP contribution in [0.5, 0.6) is 0 Å². The molecule has 4 nitrogen and oxygen atoms in total. The Kier molecular flexibility index (Phi) is 4.18. The van der Waals surface area contributed by atoms with E-state index in [1.807, 2.05) is 54.0 Å². The number of imidazole rings is 1. The Morgan fingerprint density at radius 1 is 1.22 bits per heavy atom. The minimum Gasteiger partial charge on any atom is -0.300 e. The third kappa shape index (κ3) is 2.77. The van der Waals surface area contributed by atoms with Crippen molar-refractivity contribution in [2.45, 2.75) is 19.9 Å². The number of nitrogens with zero attached hydrogens (tertiary/aromatic N) is 3. The average molecular weight is 374 g/mol. The van der Waals surface area contributed by atoms with Gasteiger partial charge in [0.2, 0.25) is 0 Å². The zero-order valence-electron chi connectivity index (χ0n) is 14.9. The fraction of sp³-hybridized carbons (Fsp3) is 0.136. The van der Waals surface area contributed by atoms with Crippen LogP contribution >= 0.6 is 11.6 Å². The van der Waals surface area contributed by atoms with Crippen molar-refractivity contribution in [1.29, 1.82) is 0 Å². The second kappa shape index (κ2) is 6.53. The van der Waals surface area contributed by atoms with Gasteiger partial charge >= 0.3 is 0 Å². The van der Waals surface area contributed by atoms with Crippen molar-refractivity contribution >= 4 is 23.1 Å². The quantitative estimate of drug-likeness (QED) is 0.486. The van der Waals surface area contributed by atoms with Gasteiger partial charge in [0.1, 0.15) is 12.0 Å². The highest BCUT2D eigenvalue weighted by Crippen LogP contribution is 2.34. The molecule has 0 amide bonds. The molecule has 1 aliphatic heterocycles. The monoisotopic (exact) mass is 373 g/mol. The first-order valence-electron chi connectivity index (χ1n) is 8.53. The molecule has 0 unspecified atom stereocenters. The maximum Gasteiger partial charge on any atom is 0.180 e. The number of terminal acetylenes is 1. The van der Waals surface area contributed by atoms with Crippen LogP contribution in [0.15, 0.2) is 53.8 Å². The number of aromatic nitrogens is 2. The predicted molar refractivity (Wildman–Crippen MR) is 107 cm³/mol. The van der Waals surface area contributed by atoms with Crippen molar-refractivity contribution in [2.75, 3.05) is 0 Å². The lowest BCUT2D eigenvalue weighted by Crippen LogP contribution is -2.08. The molecule has 4 rings (SSSR count). The van der Waals surface area contributed by atoms with Crippen LogP contribution in [0.3, 0.4) is 0 Å². The van der Waals surface area contributed by atoms with Crippen LogP contribution in [0.2, 0.25) is 5.02 Å². The zero-order chi connectivity index (χ0) is 19.1. The zero-order valence-corrected chi connectivity index (χ0v) is 15.7. The minimum atomic E-state index is -0.278. The molecule has 2 heterocycles. The van der Waals surface area contributed by atoms with Crippen molar-refractivity contribution in [1.82, 2.24) is 9.55 Å². The molecule has 0 bridgehead atoms. The third-order valence-corrected chi connectivity index (χ3v) is 4.99. The number of halogens is 1. The predicted octanol–water partition coefficient (Wildman–Crippen LogP) is 4.62. The van der Waals surface area contributed by atoms with Crippen LogP contribution < -0.4 is 0 Å². The molecule has 2 aromatic carbocycles. The maximum absolute atomic E-state index is 12.1. The lowest BCUT2D eigenvalue weighted by atomic mass is 9.98. The normalized spacial score (nSPS) is 15.2. The molecule has 0 aliphatic carbocycles. The number of aliphatic imine (C=N–C) groups is 1. The van der Waals surface area contributed by atoms with E-state index in [-0.39, 0.29) is 11.8 Å². The summed E-state index contributed by atoms with van der Waals surface area (Å²) in [6, 6.07) is 13.0. The molecule has 5 heteroatoms. The molecule has 0 saturated carbocycles. The molecule has 27 heavy (non-hydrogen) atoms. The summed E-state index contributed by atoms with van der Waals surface area (Å²) in [6.45, 7) is 3.46. The molecular weight excluding hydrogens is 358 g/mol. The summed E-state index contributed by atoms with van der Waals surface area (Å²) >= 11 is 6.47. The SMILES string of the molecule is C#Cc1ccc2c(c1)C(c1ccccc1Cl)=N[C@@H](C)c1c(C(C)=O)ncn1-2. The van der Waals surface area contributed by atoms with E-state index >= 15 is 0 Å². The van der Waals surface area contributed by atoms with Gasteiger partial charge < -0.3 is 0 Å². The fourth-order valence-corrected chi connectivity index (χ4v) is 3.66. The maximum atomic E-state index is 12.1. The van der Waals surface area contributed by atoms with Gasteiger partial charge in [-0.15, -0.1) is 6.42 Å². The smallest absolute Gasteiger partial charge is 0.180 e. The van der Waals surface area contributed by atoms with Gasteiger partial charge in [-0.2, -0.15) is 0 Å². The first kappa shape index (κ1) is 17.3. The Bertz CT molecular complexity index is 1150. The van der Waals surface area contributed by atoms with Crippen LogP contribution in [0.4, 0.5) is 0 Å². The highest BCUT2D eigenvalue weighted by atomic mass is 35.5. The topological polar surface area (TPSA) is 47.2 Å². The van der Waals surface area contributed by atoms with E-state index in [0.29, 0.717) is 10.7 Å². The lowest BCUT2D eigenvalue weighted by Gasteiger charge is -2.13. The summed E-state index contributed by atoms with van der Waals surface area (Å²) in [7, 11) is 0. The van der Waals surface area contributed by atoms with E-state index in [1.54, 1.807) is 6.33 Å². The van der Waals surface area contributed by atoms with Gasteiger partial charge in [-0.05, 0) is 31.2 Å². The summed E-state index contributed by atoms with van der Waals surface area (Å²) < 4.78 is 1.92. The fourth-order valence-electron chi connectivity index (χ4n) is 3.44. The molecule has 0 fully saturated rings. The Morgan fingerprint density at radius 2 is 2.00 bits per heavy atom. The highest BCUT2D eigenvalue weighted by molar-refractivity contribution is 6.35. The molecule has 0 spiro atoms. The number of fused-ring (bicyclic) bond motifs is 3. The second-order valence-corrected chi connectivity index (χ2v) is 6.82. The van der Waals surface area contributed by atoms with E-state index in [9.17, 15) is 4.79 Å². The van der Waals surface area contributed by atoms with E-state index in [0.717, 1.165) is 33.8 Å². The van der Waals surface area contributed by atoms with E-state index in [1.165, 1.54) is 6.92 Å². The number of hydrogen-bond donors (Lipinski definition) is 0. The summed E-state index contributed by atoms with van der Waals surface area (Å²) in [5, 5.41) is 0.608. The number of carbonyl (C=O) groups excluding carboxylic acids is 1. The van der Waals surface area contributed by atoms with Gasteiger partial charge in [0.15, 0.2) is 5.78 Å². The van der Waals surface area contributed by atoms with Crippen molar-refractivity contribution in [3.63, 3.8) is 0 Å². The number of hydrogen-bond acceptors (Lipinski definition) is 3. The molecule has 1 aliphatic rings. The van der Waals surface area contributed by atoms with Crippen LogP contribution in [0, 0.1) is 12.3 Å². The highest BCUT2D eigenvalue weighted by Gasteiger charge is 2.28. The Balaban J connectivity index is 2.08. The van der Waals surface area contributed by atoms with E-state index < -0.39 is 0 Å². The third-order valence-electron chi connectivity index (χ3n) is 4.66. The standard InChI is InChI=1S/C22H16ClN3O/c1-4-15-9-10-19-17(11-15)21(16-7-5-6-8-18(16)23)25-13(2)22-20(14(3)27)24-12-26(19)22/h1,5-13H,2-3H3/t13-/m0/s1. The van der Waals surface area contributed by atoms with Crippen molar-refractivity contribution in [3.05, 3.63) is 81.9 Å². The largest absolute Gasteiger partial charge is 0.300 e. The van der Waals surface area contributed by atoms with Crippen LogP contribution in [0.1, 0.15) is 52.8 Å². The van der Waals surface area contributed by atoms with Gasteiger partial charge in [0, 0.05) is 28.6 Å². The van der Waals surface area contributed by atoms with E-state index in [2.05, 4.69) is 10.9 Å². The minimum absolute atomic E-state index is 0.0891. The van der Waals surface area contributed by atoms with Gasteiger partial charge in [-0.3, -0.25) is 14.4 Å². The number of benzene rings is 2. The Labute approximate surface area is 162 Å². The molecule has 0 N–H and O–H groups in total. The van der Waals surface area contributed by atoms with Crippen molar-refractivity contribution in [2.24, 2.45) is 4.99 Å². The first-order chi connectivity index (χ1) is 13.0. The number of rotatable bonds is 2. The first-order valence-corrected chi connectivity index (χ1v) is 8.91. The summed E-state index contributed by atoms with van der Waals surface area (Å²) in [4.78, 5) is 21.3. The molecule has 3 aromatic rings. The average Bonchev–Trinajstić information content (AvgIpc) is 3.07. The van der Waals surface area contributed by atoms with Gasteiger partial charge in [-0.25, -0.2) is 4.98 Å². The molecule has 0 saturated heterocycles. The molecule has 132 valence electrons. The number of carbonyl (C=O) groups is 1. The molecule has 1 aromatic heterocycles. The van der Waals surface area contributed by atoms with Crippen molar-refractivity contribution < 1.29 is 4.79 Å². The van der Waals surface area contributed by atoms with E-state index in [4.69, 9.17) is 23.0 Å². The Hall–Kier alpha value is -3.16. The Morgan fingerprint density at radius 3 is 2.70 bits per heavy atom. The van der Waals surface area contributed by atoms with Crippen LogP contribution in [-0.4, -0.2) is 21.0 Å². The van der Waals surface area contributed by atoms with Crippen LogP contribution in [-0.2, 0) is 0 Å².